The lowest BCUT2D eigenvalue weighted by Crippen LogP contribution is -2.00. The molecular weight excluding hydrogens is 166 g/mol. The molecule has 0 atom stereocenters. The van der Waals surface area contributed by atoms with Gasteiger partial charge in [0.15, 0.2) is 5.03 Å². The summed E-state index contributed by atoms with van der Waals surface area (Å²) in [4.78, 5) is 3.47. The molecule has 1 N–H and O–H groups in total. The highest BCUT2D eigenvalue weighted by Gasteiger charge is 2.09. The van der Waals surface area contributed by atoms with Crippen molar-refractivity contribution in [3.8, 4) is 0 Å². The smallest absolute Gasteiger partial charge is 0.281 e. The quantitative estimate of drug-likeness (QED) is 0.633. The van der Waals surface area contributed by atoms with Gasteiger partial charge >= 0.3 is 10.1 Å². The van der Waals surface area contributed by atoms with E-state index in [1.165, 1.54) is 12.3 Å². The van der Waals surface area contributed by atoms with Gasteiger partial charge in [-0.15, -0.1) is 0 Å². The minimum atomic E-state index is -4.14. The molecule has 1 aromatic rings. The Kier molecular flexibility index (Phi) is 1.92. The van der Waals surface area contributed by atoms with Gasteiger partial charge in [-0.3, -0.25) is 4.55 Å². The number of aryl methyl sites for hydroxylation is 1. The van der Waals surface area contributed by atoms with E-state index in [9.17, 15) is 8.42 Å². The van der Waals surface area contributed by atoms with Crippen molar-refractivity contribution in [1.82, 2.24) is 4.98 Å². The minimum absolute atomic E-state index is 0.308. The van der Waals surface area contributed by atoms with E-state index in [4.69, 9.17) is 4.55 Å². The van der Waals surface area contributed by atoms with E-state index >= 15 is 0 Å². The zero-order valence-electron chi connectivity index (χ0n) is 5.85. The van der Waals surface area contributed by atoms with Crippen LogP contribution in [-0.4, -0.2) is 18.0 Å². The first kappa shape index (κ1) is 8.16. The van der Waals surface area contributed by atoms with Crippen molar-refractivity contribution in [3.05, 3.63) is 23.9 Å². The van der Waals surface area contributed by atoms with Crippen molar-refractivity contribution in [2.45, 2.75) is 11.9 Å². The van der Waals surface area contributed by atoms with E-state index in [-0.39, 0.29) is 5.03 Å². The summed E-state index contributed by atoms with van der Waals surface area (Å²) in [5.41, 5.74) is 0.743. The molecule has 4 nitrogen and oxygen atoms in total. The molecule has 0 aliphatic rings. The molecule has 0 fully saturated rings. The topological polar surface area (TPSA) is 67.3 Å². The van der Waals surface area contributed by atoms with Crippen LogP contribution in [0.2, 0.25) is 0 Å². The summed E-state index contributed by atoms with van der Waals surface area (Å²) in [7, 11) is -4.14. The number of pyridine rings is 1. The lowest BCUT2D eigenvalue weighted by molar-refractivity contribution is 0.479. The summed E-state index contributed by atoms with van der Waals surface area (Å²) in [6.07, 6.45) is 1.33. The van der Waals surface area contributed by atoms with Crippen LogP contribution in [0.1, 0.15) is 5.56 Å². The van der Waals surface area contributed by atoms with E-state index in [1.54, 1.807) is 13.0 Å². The van der Waals surface area contributed by atoms with Crippen LogP contribution in [0.5, 0.6) is 0 Å². The Balaban J connectivity index is 3.28. The monoisotopic (exact) mass is 173 g/mol. The molecule has 0 saturated carbocycles. The molecule has 1 aromatic heterocycles. The lowest BCUT2D eigenvalue weighted by atomic mass is 10.3. The van der Waals surface area contributed by atoms with E-state index in [1.807, 2.05) is 0 Å². The summed E-state index contributed by atoms with van der Waals surface area (Å²) in [6.45, 7) is 1.72. The van der Waals surface area contributed by atoms with Crippen LogP contribution in [0.4, 0.5) is 0 Å². The van der Waals surface area contributed by atoms with Gasteiger partial charge in [0.1, 0.15) is 0 Å². The van der Waals surface area contributed by atoms with Gasteiger partial charge in [0.2, 0.25) is 0 Å². The molecule has 1 rings (SSSR count). The van der Waals surface area contributed by atoms with Crippen molar-refractivity contribution in [2.75, 3.05) is 0 Å². The summed E-state index contributed by atoms with van der Waals surface area (Å²) < 4.78 is 29.5. The average Bonchev–Trinajstić information content (AvgIpc) is 1.86. The van der Waals surface area contributed by atoms with Gasteiger partial charge in [0.05, 0.1) is 0 Å². The highest BCUT2D eigenvalue weighted by Crippen LogP contribution is 2.05. The van der Waals surface area contributed by atoms with E-state index < -0.39 is 10.1 Å². The van der Waals surface area contributed by atoms with Crippen LogP contribution < -0.4 is 0 Å². The molecule has 5 heteroatoms. The molecule has 0 aliphatic heterocycles. The summed E-state index contributed by atoms with van der Waals surface area (Å²) >= 11 is 0. The van der Waals surface area contributed by atoms with Crippen LogP contribution in [-0.2, 0) is 10.1 Å². The molecule has 0 saturated heterocycles. The standard InChI is InChI=1S/C6H7NO3S/c1-5-2-3-7-6(4-5)11(8,9)10/h2-4H,1H3,(H,8,9,10). The number of rotatable bonds is 1. The highest BCUT2D eigenvalue weighted by atomic mass is 32.2. The molecule has 60 valence electrons. The van der Waals surface area contributed by atoms with Crippen molar-refractivity contribution in [2.24, 2.45) is 0 Å². The predicted octanol–water partition coefficient (Wildman–Crippen LogP) is 0.637. The van der Waals surface area contributed by atoms with Gasteiger partial charge < -0.3 is 0 Å². The van der Waals surface area contributed by atoms with E-state index in [2.05, 4.69) is 4.98 Å². The third-order valence-electron chi connectivity index (χ3n) is 1.15. The lowest BCUT2D eigenvalue weighted by Gasteiger charge is -1.95. The Labute approximate surface area is 64.6 Å². The third-order valence-corrected chi connectivity index (χ3v) is 1.91. The first-order valence-corrected chi connectivity index (χ1v) is 4.34. The molecule has 0 spiro atoms. The molecule has 0 aliphatic carbocycles. The predicted molar refractivity (Wildman–Crippen MR) is 38.8 cm³/mol. The van der Waals surface area contributed by atoms with E-state index in [0.29, 0.717) is 0 Å². The second kappa shape index (κ2) is 2.60. The SMILES string of the molecule is Cc1ccnc(S(=O)(=O)O)c1. The van der Waals surface area contributed by atoms with Crippen LogP contribution >= 0.6 is 0 Å². The van der Waals surface area contributed by atoms with Crippen LogP contribution in [0.15, 0.2) is 23.4 Å². The second-order valence-electron chi connectivity index (χ2n) is 2.15. The fourth-order valence-corrected chi connectivity index (χ4v) is 1.18. The van der Waals surface area contributed by atoms with Gasteiger partial charge in [0.25, 0.3) is 0 Å². The number of aromatic nitrogens is 1. The maximum absolute atomic E-state index is 10.5. The molecule has 0 unspecified atom stereocenters. The molecular formula is C6H7NO3S. The van der Waals surface area contributed by atoms with Crippen LogP contribution in [0.25, 0.3) is 0 Å². The fraction of sp³-hybridized carbons (Fsp3) is 0.167. The normalized spacial score (nSPS) is 11.5. The molecule has 0 aromatic carbocycles. The molecule has 0 radical (unpaired) electrons. The zero-order valence-corrected chi connectivity index (χ0v) is 6.67. The van der Waals surface area contributed by atoms with Gasteiger partial charge in [0, 0.05) is 6.20 Å². The van der Waals surface area contributed by atoms with Gasteiger partial charge in [-0.2, -0.15) is 8.42 Å². The Morgan fingerprint density at radius 2 is 2.18 bits per heavy atom. The maximum Gasteiger partial charge on any atom is 0.312 e. The molecule has 1 heterocycles. The molecule has 11 heavy (non-hydrogen) atoms. The van der Waals surface area contributed by atoms with Crippen molar-refractivity contribution < 1.29 is 13.0 Å². The van der Waals surface area contributed by atoms with Crippen LogP contribution in [0.3, 0.4) is 0 Å². The van der Waals surface area contributed by atoms with Crippen molar-refractivity contribution >= 4 is 10.1 Å². The number of hydrogen-bond acceptors (Lipinski definition) is 3. The fourth-order valence-electron chi connectivity index (χ4n) is 0.650. The van der Waals surface area contributed by atoms with Crippen molar-refractivity contribution in [3.63, 3.8) is 0 Å². The third kappa shape index (κ3) is 1.99. The highest BCUT2D eigenvalue weighted by molar-refractivity contribution is 7.85. The van der Waals surface area contributed by atoms with Crippen molar-refractivity contribution in [1.29, 1.82) is 0 Å². The number of hydrogen-bond donors (Lipinski definition) is 1. The maximum atomic E-state index is 10.5. The number of nitrogens with zero attached hydrogens (tertiary/aromatic N) is 1. The molecule has 0 amide bonds. The zero-order chi connectivity index (χ0) is 8.48. The Bertz CT molecular complexity index is 358. The van der Waals surface area contributed by atoms with Gasteiger partial charge in [-0.05, 0) is 24.6 Å². The Morgan fingerprint density at radius 1 is 1.55 bits per heavy atom. The first-order chi connectivity index (χ1) is 5.00. The Hall–Kier alpha value is -0.940. The van der Waals surface area contributed by atoms with Crippen LogP contribution in [0, 0.1) is 6.92 Å². The summed E-state index contributed by atoms with van der Waals surface area (Å²) in [5, 5.41) is -0.308. The second-order valence-corrected chi connectivity index (χ2v) is 3.51. The van der Waals surface area contributed by atoms with Gasteiger partial charge in [-0.1, -0.05) is 0 Å². The van der Waals surface area contributed by atoms with Gasteiger partial charge in [-0.25, -0.2) is 4.98 Å². The largest absolute Gasteiger partial charge is 0.312 e. The Morgan fingerprint density at radius 3 is 2.55 bits per heavy atom. The summed E-state index contributed by atoms with van der Waals surface area (Å²) in [6, 6.07) is 2.95. The molecule has 0 bridgehead atoms. The minimum Gasteiger partial charge on any atom is -0.281 e. The summed E-state index contributed by atoms with van der Waals surface area (Å²) in [5.74, 6) is 0. The first-order valence-electron chi connectivity index (χ1n) is 2.90. The van der Waals surface area contributed by atoms with E-state index in [0.717, 1.165) is 5.56 Å². The average molecular weight is 173 g/mol.